The van der Waals surface area contributed by atoms with Crippen LogP contribution in [0, 0.1) is 0 Å². The molecule has 4 heterocycles. The number of aromatic nitrogens is 3. The monoisotopic (exact) mass is 793 g/mol. The average Bonchev–Trinajstić information content (AvgIpc) is 3.71. The largest absolute Gasteiger partial charge is 0.573 e. The Morgan fingerprint density at radius 3 is 2.19 bits per heavy atom. The lowest BCUT2D eigenvalue weighted by Gasteiger charge is -2.27. The second-order valence-corrected chi connectivity index (χ2v) is 13.2. The molecule has 2 aliphatic rings. The van der Waals surface area contributed by atoms with Gasteiger partial charge in [-0.25, -0.2) is 9.97 Å². The number of carbonyl (C=O) groups is 6. The van der Waals surface area contributed by atoms with Crippen LogP contribution in [0.4, 0.5) is 13.2 Å². The quantitative estimate of drug-likeness (QED) is 0.0837. The van der Waals surface area contributed by atoms with Crippen molar-refractivity contribution < 1.29 is 56.1 Å². The van der Waals surface area contributed by atoms with Gasteiger partial charge in [-0.15, -0.1) is 13.2 Å². The Labute approximate surface area is 322 Å². The number of imidazole rings is 1. The fourth-order valence-corrected chi connectivity index (χ4v) is 6.32. The van der Waals surface area contributed by atoms with E-state index < -0.39 is 41.9 Å². The van der Waals surface area contributed by atoms with E-state index in [1.54, 1.807) is 12.1 Å². The maximum Gasteiger partial charge on any atom is 0.573 e. The van der Waals surface area contributed by atoms with Gasteiger partial charge >= 0.3 is 6.36 Å². The summed E-state index contributed by atoms with van der Waals surface area (Å²) in [5.74, 6) is -2.90. The fraction of sp³-hybridized carbons (Fsp3) is 0.368. The molecule has 2 aromatic carbocycles. The van der Waals surface area contributed by atoms with Crippen LogP contribution in [0.5, 0.6) is 17.2 Å². The number of H-pyrrole nitrogens is 1. The number of nitrogens with one attached hydrogen (secondary N) is 4. The predicted molar refractivity (Wildman–Crippen MR) is 194 cm³/mol. The van der Waals surface area contributed by atoms with E-state index in [9.17, 15) is 41.9 Å². The van der Waals surface area contributed by atoms with E-state index in [1.165, 1.54) is 42.6 Å². The van der Waals surface area contributed by atoms with Crippen LogP contribution >= 0.6 is 0 Å². The summed E-state index contributed by atoms with van der Waals surface area (Å²) in [4.78, 5) is 87.0. The molecule has 1 saturated heterocycles. The van der Waals surface area contributed by atoms with E-state index in [0.29, 0.717) is 35.9 Å². The van der Waals surface area contributed by atoms with Crippen LogP contribution in [0.15, 0.2) is 54.7 Å². The molecular formula is C38H38F3N7O9. The number of hydrogen-bond donors (Lipinski definition) is 4. The summed E-state index contributed by atoms with van der Waals surface area (Å²) in [5.41, 5.74) is 1.24. The van der Waals surface area contributed by atoms with E-state index in [4.69, 9.17) is 9.47 Å². The van der Waals surface area contributed by atoms with Gasteiger partial charge in [0.15, 0.2) is 19.0 Å². The summed E-state index contributed by atoms with van der Waals surface area (Å²) >= 11 is 0. The summed E-state index contributed by atoms with van der Waals surface area (Å²) < 4.78 is 52.6. The zero-order chi connectivity index (χ0) is 40.5. The molecule has 300 valence electrons. The highest BCUT2D eigenvalue weighted by atomic mass is 19.4. The molecular weight excluding hydrogens is 755 g/mol. The molecule has 0 saturated carbocycles. The molecule has 4 N–H and O–H groups in total. The molecule has 4 aromatic rings. The Kier molecular flexibility index (Phi) is 12.6. The van der Waals surface area contributed by atoms with Gasteiger partial charge in [-0.05, 0) is 55.7 Å². The summed E-state index contributed by atoms with van der Waals surface area (Å²) in [6, 6.07) is 10.3. The van der Waals surface area contributed by atoms with Gasteiger partial charge in [-0.3, -0.25) is 39.0 Å². The van der Waals surface area contributed by atoms with Gasteiger partial charge < -0.3 is 29.8 Å². The number of benzene rings is 2. The van der Waals surface area contributed by atoms with E-state index in [1.807, 2.05) is 0 Å². The first-order valence-corrected chi connectivity index (χ1v) is 18.2. The molecule has 0 radical (unpaired) electrons. The van der Waals surface area contributed by atoms with E-state index in [2.05, 4.69) is 35.6 Å². The third-order valence-corrected chi connectivity index (χ3v) is 9.07. The normalized spacial score (nSPS) is 15.4. The number of rotatable bonds is 18. The highest BCUT2D eigenvalue weighted by Crippen LogP contribution is 2.34. The minimum Gasteiger partial charge on any atom is -0.483 e. The molecule has 6 rings (SSSR count). The average molecular weight is 794 g/mol. The number of aromatic amines is 1. The molecule has 16 nitrogen and oxygen atoms in total. The van der Waals surface area contributed by atoms with Gasteiger partial charge in [0.05, 0.1) is 28.4 Å². The smallest absolute Gasteiger partial charge is 0.483 e. The van der Waals surface area contributed by atoms with Crippen molar-refractivity contribution in [2.75, 3.05) is 26.3 Å². The van der Waals surface area contributed by atoms with Crippen molar-refractivity contribution in [1.82, 2.24) is 35.8 Å². The molecule has 1 fully saturated rings. The summed E-state index contributed by atoms with van der Waals surface area (Å²) in [6.45, 7) is 0.322. The first-order chi connectivity index (χ1) is 27.4. The lowest BCUT2D eigenvalue weighted by Crippen LogP contribution is -2.54. The number of fused-ring (bicyclic) bond motifs is 2. The van der Waals surface area contributed by atoms with Crippen molar-refractivity contribution in [3.63, 3.8) is 0 Å². The maximum absolute atomic E-state index is 13.2. The van der Waals surface area contributed by atoms with Crippen molar-refractivity contribution in [3.05, 3.63) is 65.9 Å². The number of imide groups is 2. The number of pyridine rings is 1. The summed E-state index contributed by atoms with van der Waals surface area (Å²) in [7, 11) is 0. The molecule has 57 heavy (non-hydrogen) atoms. The Balaban J connectivity index is 0.801. The topological polar surface area (TPSA) is 211 Å². The number of amides is 6. The second kappa shape index (κ2) is 17.9. The van der Waals surface area contributed by atoms with E-state index >= 15 is 0 Å². The zero-order valence-electron chi connectivity index (χ0n) is 30.4. The minimum atomic E-state index is -4.81. The Bertz CT molecular complexity index is 2160. The van der Waals surface area contributed by atoms with Crippen LogP contribution < -0.4 is 30.2 Å². The maximum atomic E-state index is 13.2. The van der Waals surface area contributed by atoms with E-state index in [-0.39, 0.29) is 60.1 Å². The SMILES string of the molecule is O=C(COc1ccc(-c2nc3cc(OC(F)(F)F)ccc3[nH]2)nc1)NCCCCCCCCNC(=O)COc1cccc2c1C(=O)N(C1CCC(=O)NC1=O)C2=O. The van der Waals surface area contributed by atoms with Crippen molar-refractivity contribution in [1.29, 1.82) is 0 Å². The molecule has 2 aliphatic heterocycles. The third-order valence-electron chi connectivity index (χ3n) is 9.07. The summed E-state index contributed by atoms with van der Waals surface area (Å²) in [5, 5.41) is 7.72. The fourth-order valence-electron chi connectivity index (χ4n) is 6.32. The van der Waals surface area contributed by atoms with Gasteiger partial charge in [0, 0.05) is 25.6 Å². The van der Waals surface area contributed by atoms with Gasteiger partial charge in [-0.2, -0.15) is 0 Å². The molecule has 1 unspecified atom stereocenters. The molecule has 0 aliphatic carbocycles. The number of nitrogens with zero attached hydrogens (tertiary/aromatic N) is 3. The van der Waals surface area contributed by atoms with Crippen LogP contribution in [0.3, 0.4) is 0 Å². The Morgan fingerprint density at radius 2 is 1.53 bits per heavy atom. The van der Waals surface area contributed by atoms with Crippen LogP contribution in [-0.4, -0.2) is 94.0 Å². The Hall–Kier alpha value is -6.53. The third kappa shape index (κ3) is 10.4. The van der Waals surface area contributed by atoms with Crippen molar-refractivity contribution in [2.24, 2.45) is 0 Å². The van der Waals surface area contributed by atoms with E-state index in [0.717, 1.165) is 43.4 Å². The molecule has 0 spiro atoms. The van der Waals surface area contributed by atoms with Crippen molar-refractivity contribution in [2.45, 2.75) is 63.8 Å². The lowest BCUT2D eigenvalue weighted by molar-refractivity contribution is -0.274. The van der Waals surface area contributed by atoms with Gasteiger partial charge in [-0.1, -0.05) is 31.7 Å². The van der Waals surface area contributed by atoms with Crippen LogP contribution in [0.25, 0.3) is 22.6 Å². The minimum absolute atomic E-state index is 0.00306. The molecule has 19 heteroatoms. The number of carbonyl (C=O) groups excluding carboxylic acids is 6. The van der Waals surface area contributed by atoms with Crippen molar-refractivity contribution in [3.8, 4) is 28.8 Å². The second-order valence-electron chi connectivity index (χ2n) is 13.2. The molecule has 2 aromatic heterocycles. The zero-order valence-corrected chi connectivity index (χ0v) is 30.4. The highest BCUT2D eigenvalue weighted by Gasteiger charge is 2.46. The molecule has 6 amide bonds. The Morgan fingerprint density at radius 1 is 0.842 bits per heavy atom. The number of ether oxygens (including phenoxy) is 3. The van der Waals surface area contributed by atoms with Gasteiger partial charge in [0.2, 0.25) is 11.8 Å². The lowest BCUT2D eigenvalue weighted by atomic mass is 10.0. The molecule has 1 atom stereocenters. The van der Waals surface area contributed by atoms with Crippen LogP contribution in [0.1, 0.15) is 72.1 Å². The number of hydrogen-bond acceptors (Lipinski definition) is 11. The van der Waals surface area contributed by atoms with Crippen LogP contribution in [-0.2, 0) is 19.2 Å². The van der Waals surface area contributed by atoms with Gasteiger partial charge in [0.1, 0.15) is 29.0 Å². The first kappa shape index (κ1) is 40.1. The number of piperidine rings is 1. The molecule has 0 bridgehead atoms. The number of halogens is 3. The first-order valence-electron chi connectivity index (χ1n) is 18.2. The van der Waals surface area contributed by atoms with Crippen molar-refractivity contribution >= 4 is 46.5 Å². The highest BCUT2D eigenvalue weighted by molar-refractivity contribution is 6.24. The summed E-state index contributed by atoms with van der Waals surface area (Å²) in [6.07, 6.45) is 1.80. The predicted octanol–water partition coefficient (Wildman–Crippen LogP) is 3.96. The number of unbranched alkanes of at least 4 members (excludes halogenated alkanes) is 5. The van der Waals surface area contributed by atoms with Gasteiger partial charge in [0.25, 0.3) is 23.6 Å². The number of alkyl halides is 3. The van der Waals surface area contributed by atoms with Crippen LogP contribution in [0.2, 0.25) is 0 Å². The standard InChI is InChI=1S/C38H38F3N7O9/c39-38(40,41)57-22-10-12-25-27(18-22)46-34(45-25)26-13-11-23(19-44-26)55-20-31(50)42-16-5-3-1-2-4-6-17-43-32(51)21-56-29-9-7-8-24-33(29)37(54)48(36(24)53)28-14-15-30(49)47-35(28)52/h7-13,18-19,28H,1-6,14-17,20-21H2,(H,42,50)(H,43,51)(H,45,46)(H,47,49,52).